The molecule has 0 saturated heterocycles. The quantitative estimate of drug-likeness (QED) is 0.504. The molecular formula is C25H30N4O4. The SMILES string of the molecule is COC(=O)c1cnccc1Nc1cccc(C(=O)NC(CC2CCCC2)C(=O)NC2CC2)c1. The lowest BCUT2D eigenvalue weighted by molar-refractivity contribution is -0.123. The van der Waals surface area contributed by atoms with Crippen molar-refractivity contribution in [3.05, 3.63) is 53.9 Å². The molecule has 174 valence electrons. The van der Waals surface area contributed by atoms with E-state index in [2.05, 4.69) is 20.9 Å². The number of hydrogen-bond donors (Lipinski definition) is 3. The van der Waals surface area contributed by atoms with E-state index in [1.807, 2.05) is 0 Å². The summed E-state index contributed by atoms with van der Waals surface area (Å²) >= 11 is 0. The molecule has 8 nitrogen and oxygen atoms in total. The minimum Gasteiger partial charge on any atom is -0.465 e. The number of nitrogens with zero attached hydrogens (tertiary/aromatic N) is 1. The van der Waals surface area contributed by atoms with Crippen LogP contribution in [0.4, 0.5) is 11.4 Å². The van der Waals surface area contributed by atoms with E-state index in [1.54, 1.807) is 36.5 Å². The number of rotatable bonds is 9. The Bertz CT molecular complexity index is 1010. The highest BCUT2D eigenvalue weighted by Crippen LogP contribution is 2.29. The average molecular weight is 451 g/mol. The zero-order chi connectivity index (χ0) is 23.2. The highest BCUT2D eigenvalue weighted by molar-refractivity contribution is 5.99. The largest absolute Gasteiger partial charge is 0.465 e. The van der Waals surface area contributed by atoms with E-state index < -0.39 is 12.0 Å². The first-order valence-corrected chi connectivity index (χ1v) is 11.5. The molecule has 8 heteroatoms. The number of pyridine rings is 1. The second-order valence-electron chi connectivity index (χ2n) is 8.81. The van der Waals surface area contributed by atoms with Gasteiger partial charge in [0.15, 0.2) is 0 Å². The van der Waals surface area contributed by atoms with E-state index >= 15 is 0 Å². The number of benzene rings is 1. The zero-order valence-corrected chi connectivity index (χ0v) is 18.8. The summed E-state index contributed by atoms with van der Waals surface area (Å²) in [7, 11) is 1.31. The summed E-state index contributed by atoms with van der Waals surface area (Å²) in [6.07, 6.45) is 10.3. The van der Waals surface area contributed by atoms with Gasteiger partial charge < -0.3 is 20.7 Å². The summed E-state index contributed by atoms with van der Waals surface area (Å²) in [5.74, 6) is -0.422. The van der Waals surface area contributed by atoms with Gasteiger partial charge in [-0.15, -0.1) is 0 Å². The Morgan fingerprint density at radius 2 is 1.91 bits per heavy atom. The Kier molecular flexibility index (Phi) is 7.22. The number of ether oxygens (including phenoxy) is 1. The Morgan fingerprint density at radius 1 is 1.12 bits per heavy atom. The molecule has 3 N–H and O–H groups in total. The molecule has 4 rings (SSSR count). The topological polar surface area (TPSA) is 109 Å². The predicted molar refractivity (Wildman–Crippen MR) is 124 cm³/mol. The van der Waals surface area contributed by atoms with Gasteiger partial charge in [-0.2, -0.15) is 0 Å². The summed E-state index contributed by atoms with van der Waals surface area (Å²) in [5, 5.41) is 9.15. The van der Waals surface area contributed by atoms with Gasteiger partial charge in [0.25, 0.3) is 5.91 Å². The number of hydrogen-bond acceptors (Lipinski definition) is 6. The number of amides is 2. The van der Waals surface area contributed by atoms with E-state index in [-0.39, 0.29) is 17.9 Å². The van der Waals surface area contributed by atoms with Crippen LogP contribution in [-0.4, -0.2) is 42.0 Å². The highest BCUT2D eigenvalue weighted by Gasteiger charge is 2.31. The van der Waals surface area contributed by atoms with Crippen LogP contribution < -0.4 is 16.0 Å². The standard InChI is InChI=1S/C25H30N4O4/c1-33-25(32)20-15-26-12-11-21(20)27-19-8-4-7-17(14-19)23(30)29-22(13-16-5-2-3-6-16)24(31)28-18-9-10-18/h4,7-8,11-12,14-16,18,22H,2-3,5-6,9-10,13H2,1H3,(H,26,27)(H,28,31)(H,29,30). The third kappa shape index (κ3) is 6.09. The molecule has 1 atom stereocenters. The molecule has 2 amide bonds. The second-order valence-corrected chi connectivity index (χ2v) is 8.81. The lowest BCUT2D eigenvalue weighted by atomic mass is 9.97. The molecule has 2 fully saturated rings. The van der Waals surface area contributed by atoms with Crippen LogP contribution in [0.3, 0.4) is 0 Å². The normalized spacial score (nSPS) is 16.6. The van der Waals surface area contributed by atoms with Gasteiger partial charge in [-0.25, -0.2) is 4.79 Å². The van der Waals surface area contributed by atoms with E-state index in [9.17, 15) is 14.4 Å². The average Bonchev–Trinajstić information content (AvgIpc) is 3.49. The number of anilines is 2. The molecular weight excluding hydrogens is 420 g/mol. The van der Waals surface area contributed by atoms with Crippen LogP contribution in [-0.2, 0) is 9.53 Å². The Hall–Kier alpha value is -3.42. The molecule has 1 aromatic carbocycles. The fraction of sp³-hybridized carbons (Fsp3) is 0.440. The number of nitrogens with one attached hydrogen (secondary N) is 3. The summed E-state index contributed by atoms with van der Waals surface area (Å²) < 4.78 is 4.81. The van der Waals surface area contributed by atoms with Crippen LogP contribution in [0.15, 0.2) is 42.7 Å². The van der Waals surface area contributed by atoms with Crippen LogP contribution in [0.25, 0.3) is 0 Å². The fourth-order valence-corrected chi connectivity index (χ4v) is 4.25. The van der Waals surface area contributed by atoms with Gasteiger partial charge in [0.1, 0.15) is 11.6 Å². The van der Waals surface area contributed by atoms with Crippen molar-refractivity contribution in [3.8, 4) is 0 Å². The first kappa shape index (κ1) is 22.8. The maximum Gasteiger partial charge on any atom is 0.341 e. The molecule has 1 aromatic heterocycles. The maximum atomic E-state index is 13.1. The smallest absolute Gasteiger partial charge is 0.341 e. The first-order valence-electron chi connectivity index (χ1n) is 11.5. The lowest BCUT2D eigenvalue weighted by Crippen LogP contribution is -2.48. The Morgan fingerprint density at radius 3 is 2.64 bits per heavy atom. The van der Waals surface area contributed by atoms with Gasteiger partial charge in [-0.3, -0.25) is 14.6 Å². The Labute approximate surface area is 193 Å². The number of aromatic nitrogens is 1. The third-order valence-corrected chi connectivity index (χ3v) is 6.22. The van der Waals surface area contributed by atoms with Gasteiger partial charge in [-0.1, -0.05) is 31.7 Å². The van der Waals surface area contributed by atoms with Crippen molar-refractivity contribution in [3.63, 3.8) is 0 Å². The molecule has 2 aliphatic rings. The van der Waals surface area contributed by atoms with Crippen LogP contribution in [0, 0.1) is 5.92 Å². The summed E-state index contributed by atoms with van der Waals surface area (Å²) in [5.41, 5.74) is 1.89. The molecule has 0 radical (unpaired) electrons. The van der Waals surface area contributed by atoms with Gasteiger partial charge in [-0.05, 0) is 49.4 Å². The summed E-state index contributed by atoms with van der Waals surface area (Å²) in [4.78, 5) is 41.8. The van der Waals surface area contributed by atoms with Crippen LogP contribution in [0.1, 0.15) is 65.7 Å². The maximum absolute atomic E-state index is 13.1. The van der Waals surface area contributed by atoms with Gasteiger partial charge in [0.2, 0.25) is 5.91 Å². The minimum absolute atomic E-state index is 0.0912. The van der Waals surface area contributed by atoms with E-state index in [0.29, 0.717) is 34.8 Å². The van der Waals surface area contributed by atoms with Crippen molar-refractivity contribution < 1.29 is 19.1 Å². The predicted octanol–water partition coefficient (Wildman–Crippen LogP) is 3.57. The number of esters is 1. The Balaban J connectivity index is 1.46. The molecule has 1 heterocycles. The van der Waals surface area contributed by atoms with E-state index in [1.165, 1.54) is 26.1 Å². The lowest BCUT2D eigenvalue weighted by Gasteiger charge is -2.21. The monoisotopic (exact) mass is 450 g/mol. The molecule has 1 unspecified atom stereocenters. The third-order valence-electron chi connectivity index (χ3n) is 6.22. The highest BCUT2D eigenvalue weighted by atomic mass is 16.5. The van der Waals surface area contributed by atoms with Crippen molar-refractivity contribution in [2.75, 3.05) is 12.4 Å². The molecule has 0 bridgehead atoms. The van der Waals surface area contributed by atoms with Gasteiger partial charge in [0, 0.05) is 29.7 Å². The van der Waals surface area contributed by atoms with E-state index in [0.717, 1.165) is 25.7 Å². The molecule has 2 saturated carbocycles. The minimum atomic E-state index is -0.538. The number of carbonyl (C=O) groups excluding carboxylic acids is 3. The number of methoxy groups -OCH3 is 1. The van der Waals surface area contributed by atoms with Crippen LogP contribution in [0.2, 0.25) is 0 Å². The fourth-order valence-electron chi connectivity index (χ4n) is 4.25. The van der Waals surface area contributed by atoms with Crippen molar-refractivity contribution in [1.29, 1.82) is 0 Å². The van der Waals surface area contributed by atoms with Gasteiger partial charge >= 0.3 is 5.97 Å². The van der Waals surface area contributed by atoms with Crippen molar-refractivity contribution in [1.82, 2.24) is 15.6 Å². The molecule has 0 spiro atoms. The van der Waals surface area contributed by atoms with Crippen molar-refractivity contribution >= 4 is 29.2 Å². The molecule has 33 heavy (non-hydrogen) atoms. The first-order chi connectivity index (χ1) is 16.0. The van der Waals surface area contributed by atoms with Crippen molar-refractivity contribution in [2.24, 2.45) is 5.92 Å². The number of carbonyl (C=O) groups is 3. The van der Waals surface area contributed by atoms with E-state index in [4.69, 9.17) is 4.74 Å². The molecule has 2 aromatic rings. The molecule has 2 aliphatic carbocycles. The zero-order valence-electron chi connectivity index (χ0n) is 18.8. The van der Waals surface area contributed by atoms with Crippen LogP contribution >= 0.6 is 0 Å². The summed E-state index contributed by atoms with van der Waals surface area (Å²) in [6, 6.07) is 8.34. The van der Waals surface area contributed by atoms with Gasteiger partial charge in [0.05, 0.1) is 12.8 Å². The van der Waals surface area contributed by atoms with Crippen molar-refractivity contribution in [2.45, 2.75) is 57.0 Å². The second kappa shape index (κ2) is 10.5. The molecule has 0 aliphatic heterocycles. The van der Waals surface area contributed by atoms with Crippen LogP contribution in [0.5, 0.6) is 0 Å². The summed E-state index contributed by atoms with van der Waals surface area (Å²) in [6.45, 7) is 0.